The molecule has 2 aromatic carbocycles. The van der Waals surface area contributed by atoms with Crippen molar-refractivity contribution in [1.29, 1.82) is 0 Å². The maximum Gasteiger partial charge on any atom is 0.291 e. The molecular weight excluding hydrogens is 429 g/mol. The summed E-state index contributed by atoms with van der Waals surface area (Å²) in [7, 11) is 0. The number of hydrogen-bond acceptors (Lipinski definition) is 3. The molecule has 1 N–H and O–H groups in total. The summed E-state index contributed by atoms with van der Waals surface area (Å²) in [4.78, 5) is 12.4. The van der Waals surface area contributed by atoms with Gasteiger partial charge in [-0.2, -0.15) is 0 Å². The van der Waals surface area contributed by atoms with Gasteiger partial charge in [0, 0.05) is 9.26 Å². The Morgan fingerprint density at radius 3 is 2.40 bits per heavy atom. The van der Waals surface area contributed by atoms with Crippen LogP contribution >= 0.6 is 22.6 Å². The van der Waals surface area contributed by atoms with E-state index >= 15 is 0 Å². The van der Waals surface area contributed by atoms with Crippen LogP contribution in [0.3, 0.4) is 0 Å². The molecule has 0 bridgehead atoms. The number of hydrogen-bond donors (Lipinski definition) is 1. The quantitative estimate of drug-likeness (QED) is 0.538. The summed E-state index contributed by atoms with van der Waals surface area (Å²) < 4.78 is 12.4. The van der Waals surface area contributed by atoms with Crippen molar-refractivity contribution >= 4 is 34.2 Å². The maximum absolute atomic E-state index is 12.4. The highest BCUT2D eigenvalue weighted by molar-refractivity contribution is 14.1. The molecule has 1 aromatic heterocycles. The highest BCUT2D eigenvalue weighted by atomic mass is 127. The molecule has 0 unspecified atom stereocenters. The molecule has 0 aliphatic rings. The number of aryl methyl sites for hydroxylation is 2. The second kappa shape index (κ2) is 7.74. The van der Waals surface area contributed by atoms with Crippen LogP contribution < -0.4 is 10.1 Å². The summed E-state index contributed by atoms with van der Waals surface area (Å²) in [5.41, 5.74) is 2.85. The van der Waals surface area contributed by atoms with E-state index in [-0.39, 0.29) is 18.3 Å². The van der Waals surface area contributed by atoms with Crippen LogP contribution in [0.15, 0.2) is 59.0 Å². The summed E-state index contributed by atoms with van der Waals surface area (Å²) in [6, 6.07) is 17.1. The second-order valence-corrected chi connectivity index (χ2v) is 6.98. The lowest BCUT2D eigenvalue weighted by atomic mass is 10.1. The van der Waals surface area contributed by atoms with Gasteiger partial charge in [-0.15, -0.1) is 0 Å². The number of ether oxygens (including phenoxy) is 1. The number of furan rings is 1. The van der Waals surface area contributed by atoms with Gasteiger partial charge in [0.2, 0.25) is 0 Å². The lowest BCUT2D eigenvalue weighted by molar-refractivity contribution is 0.0992. The minimum absolute atomic E-state index is 0.266. The van der Waals surface area contributed by atoms with Crippen molar-refractivity contribution in [2.45, 2.75) is 20.5 Å². The number of para-hydroxylation sites is 1. The Morgan fingerprint density at radius 2 is 1.72 bits per heavy atom. The third-order valence-electron chi connectivity index (χ3n) is 3.80. The summed E-state index contributed by atoms with van der Waals surface area (Å²) >= 11 is 2.24. The molecule has 3 rings (SSSR count). The van der Waals surface area contributed by atoms with Gasteiger partial charge in [0.1, 0.15) is 18.1 Å². The van der Waals surface area contributed by atoms with Gasteiger partial charge in [-0.25, -0.2) is 0 Å². The molecule has 5 heteroatoms. The molecule has 4 nitrogen and oxygen atoms in total. The van der Waals surface area contributed by atoms with Crippen molar-refractivity contribution in [2.24, 2.45) is 0 Å². The van der Waals surface area contributed by atoms with Crippen LogP contribution in [0.4, 0.5) is 5.69 Å². The van der Waals surface area contributed by atoms with Crippen LogP contribution in [0.25, 0.3) is 0 Å². The van der Waals surface area contributed by atoms with Gasteiger partial charge in [0.15, 0.2) is 5.76 Å². The topological polar surface area (TPSA) is 51.5 Å². The Bertz CT molecular complexity index is 864. The molecule has 1 heterocycles. The molecule has 0 spiro atoms. The summed E-state index contributed by atoms with van der Waals surface area (Å²) in [6.07, 6.45) is 0. The number of anilines is 1. The number of carbonyl (C=O) groups is 1. The van der Waals surface area contributed by atoms with E-state index in [0.29, 0.717) is 5.76 Å². The predicted octanol–water partition coefficient (Wildman–Crippen LogP) is 5.33. The number of amides is 1. The molecule has 1 amide bonds. The Balaban J connectivity index is 1.64. The molecule has 128 valence electrons. The Labute approximate surface area is 160 Å². The fourth-order valence-corrected chi connectivity index (χ4v) is 2.81. The van der Waals surface area contributed by atoms with Crippen molar-refractivity contribution in [3.63, 3.8) is 0 Å². The van der Waals surface area contributed by atoms with Crippen molar-refractivity contribution in [1.82, 2.24) is 0 Å². The second-order valence-electron chi connectivity index (χ2n) is 5.73. The zero-order valence-corrected chi connectivity index (χ0v) is 16.2. The largest absolute Gasteiger partial charge is 0.486 e. The molecule has 0 aliphatic heterocycles. The minimum atomic E-state index is -0.266. The van der Waals surface area contributed by atoms with Crippen LogP contribution in [0, 0.1) is 17.4 Å². The molecule has 0 saturated carbocycles. The highest BCUT2D eigenvalue weighted by Gasteiger charge is 2.14. The Kier molecular flexibility index (Phi) is 5.43. The van der Waals surface area contributed by atoms with E-state index in [2.05, 4.69) is 27.9 Å². The smallest absolute Gasteiger partial charge is 0.291 e. The average Bonchev–Trinajstić information content (AvgIpc) is 3.07. The lowest BCUT2D eigenvalue weighted by Gasteiger charge is -2.10. The van der Waals surface area contributed by atoms with Crippen LogP contribution in [0.1, 0.15) is 27.4 Å². The van der Waals surface area contributed by atoms with E-state index < -0.39 is 0 Å². The van der Waals surface area contributed by atoms with Gasteiger partial charge in [0.05, 0.1) is 0 Å². The van der Waals surface area contributed by atoms with Gasteiger partial charge in [-0.1, -0.05) is 18.2 Å². The van der Waals surface area contributed by atoms with Gasteiger partial charge in [-0.3, -0.25) is 4.79 Å². The Morgan fingerprint density at radius 1 is 1.04 bits per heavy atom. The fourth-order valence-electron chi connectivity index (χ4n) is 2.45. The molecule has 0 radical (unpaired) electrons. The van der Waals surface area contributed by atoms with Gasteiger partial charge in [-0.05, 0) is 84.0 Å². The maximum atomic E-state index is 12.4. The molecule has 0 saturated heterocycles. The predicted molar refractivity (Wildman–Crippen MR) is 106 cm³/mol. The third kappa shape index (κ3) is 4.42. The SMILES string of the molecule is Cc1cccc(C)c1NC(=O)c1ccc(COc2ccc(I)cc2)o1. The first-order valence-corrected chi connectivity index (χ1v) is 8.95. The van der Waals surface area contributed by atoms with E-state index in [1.165, 1.54) is 0 Å². The first-order chi connectivity index (χ1) is 12.0. The number of carbonyl (C=O) groups excluding carboxylic acids is 1. The molecular formula is C20H18INO3. The normalized spacial score (nSPS) is 10.5. The van der Waals surface area contributed by atoms with E-state index in [0.717, 1.165) is 26.1 Å². The number of nitrogens with one attached hydrogen (secondary N) is 1. The van der Waals surface area contributed by atoms with E-state index in [1.54, 1.807) is 12.1 Å². The molecule has 0 fully saturated rings. The minimum Gasteiger partial charge on any atom is -0.486 e. The fraction of sp³-hybridized carbons (Fsp3) is 0.150. The van der Waals surface area contributed by atoms with Crippen molar-refractivity contribution in [2.75, 3.05) is 5.32 Å². The van der Waals surface area contributed by atoms with Crippen LogP contribution in [0.2, 0.25) is 0 Å². The highest BCUT2D eigenvalue weighted by Crippen LogP contribution is 2.21. The summed E-state index contributed by atoms with van der Waals surface area (Å²) in [6.45, 7) is 4.20. The van der Waals surface area contributed by atoms with E-state index in [1.807, 2.05) is 56.3 Å². The zero-order chi connectivity index (χ0) is 17.8. The van der Waals surface area contributed by atoms with E-state index in [9.17, 15) is 4.79 Å². The van der Waals surface area contributed by atoms with Crippen LogP contribution in [0.5, 0.6) is 5.75 Å². The van der Waals surface area contributed by atoms with Crippen LogP contribution in [-0.4, -0.2) is 5.91 Å². The number of rotatable bonds is 5. The number of halogens is 1. The van der Waals surface area contributed by atoms with Crippen molar-refractivity contribution < 1.29 is 13.9 Å². The zero-order valence-electron chi connectivity index (χ0n) is 14.0. The first-order valence-electron chi connectivity index (χ1n) is 7.87. The molecule has 0 atom stereocenters. The Hall–Kier alpha value is -2.28. The first kappa shape index (κ1) is 17.5. The molecule has 25 heavy (non-hydrogen) atoms. The average molecular weight is 447 g/mol. The molecule has 3 aromatic rings. The number of benzene rings is 2. The van der Waals surface area contributed by atoms with Crippen LogP contribution in [-0.2, 0) is 6.61 Å². The molecule has 0 aliphatic carbocycles. The standard InChI is InChI=1S/C20H18INO3/c1-13-4-3-5-14(2)19(13)22-20(23)18-11-10-17(25-18)12-24-16-8-6-15(21)7-9-16/h3-11H,12H2,1-2H3,(H,22,23). The monoisotopic (exact) mass is 447 g/mol. The third-order valence-corrected chi connectivity index (χ3v) is 4.52. The van der Waals surface area contributed by atoms with E-state index in [4.69, 9.17) is 9.15 Å². The van der Waals surface area contributed by atoms with Gasteiger partial charge < -0.3 is 14.5 Å². The van der Waals surface area contributed by atoms with Crippen molar-refractivity contribution in [3.05, 3.63) is 80.8 Å². The lowest BCUT2D eigenvalue weighted by Crippen LogP contribution is -2.13. The van der Waals surface area contributed by atoms with Crippen molar-refractivity contribution in [3.8, 4) is 5.75 Å². The van der Waals surface area contributed by atoms with Gasteiger partial charge in [0.25, 0.3) is 5.91 Å². The summed E-state index contributed by atoms with van der Waals surface area (Å²) in [5.74, 6) is 1.37. The summed E-state index contributed by atoms with van der Waals surface area (Å²) in [5, 5.41) is 2.91. The van der Waals surface area contributed by atoms with Gasteiger partial charge >= 0.3 is 0 Å².